The molecule has 1 saturated carbocycles. The van der Waals surface area contributed by atoms with Crippen LogP contribution >= 0.6 is 0 Å². The highest BCUT2D eigenvalue weighted by Crippen LogP contribution is 2.47. The maximum Gasteiger partial charge on any atom is 0.262 e. The zero-order valence-corrected chi connectivity index (χ0v) is 16.4. The molecule has 1 aromatic heterocycles. The second-order valence-corrected chi connectivity index (χ2v) is 7.95. The van der Waals surface area contributed by atoms with Gasteiger partial charge < -0.3 is 0 Å². The molecule has 3 aromatic carbocycles. The molecular weight excluding hydrogens is 392 g/mol. The summed E-state index contributed by atoms with van der Waals surface area (Å²) < 4.78 is 1.74. The standard InChI is InChI=1S/C24H16N4O3/c29-17-13-24(14-17,27-22(30)18-5-1-2-6-19(18)23(27)31)15-9-11-16(12-10-15)28-21-8-4-3-7-20(21)25-26-28/h1-12H,13-14H2. The molecule has 1 fully saturated rings. The molecule has 0 spiro atoms. The predicted octanol–water partition coefficient (Wildman–Crippen LogP) is 3.27. The van der Waals surface area contributed by atoms with Gasteiger partial charge in [0, 0.05) is 12.8 Å². The Morgan fingerprint density at radius 2 is 1.35 bits per heavy atom. The molecule has 150 valence electrons. The van der Waals surface area contributed by atoms with Gasteiger partial charge in [-0.25, -0.2) is 4.68 Å². The summed E-state index contributed by atoms with van der Waals surface area (Å²) in [5, 5.41) is 8.41. The van der Waals surface area contributed by atoms with Crippen LogP contribution in [0.15, 0.2) is 72.8 Å². The van der Waals surface area contributed by atoms with Crippen LogP contribution in [-0.2, 0) is 10.3 Å². The van der Waals surface area contributed by atoms with Crippen LogP contribution in [-0.4, -0.2) is 37.5 Å². The summed E-state index contributed by atoms with van der Waals surface area (Å²) in [4.78, 5) is 39.5. The lowest BCUT2D eigenvalue weighted by atomic mass is 9.69. The van der Waals surface area contributed by atoms with E-state index in [2.05, 4.69) is 10.3 Å². The lowest BCUT2D eigenvalue weighted by molar-refractivity contribution is -0.132. The molecule has 31 heavy (non-hydrogen) atoms. The first kappa shape index (κ1) is 17.7. The minimum atomic E-state index is -0.951. The van der Waals surface area contributed by atoms with E-state index in [0.717, 1.165) is 22.3 Å². The molecular formula is C24H16N4O3. The van der Waals surface area contributed by atoms with Crippen LogP contribution in [0.4, 0.5) is 0 Å². The zero-order valence-electron chi connectivity index (χ0n) is 16.4. The van der Waals surface area contributed by atoms with E-state index in [1.807, 2.05) is 48.5 Å². The number of hydrogen-bond acceptors (Lipinski definition) is 5. The maximum atomic E-state index is 13.1. The van der Waals surface area contributed by atoms with E-state index in [0.29, 0.717) is 11.1 Å². The van der Waals surface area contributed by atoms with E-state index in [1.54, 1.807) is 28.9 Å². The van der Waals surface area contributed by atoms with Crippen LogP contribution in [0.1, 0.15) is 39.1 Å². The fourth-order valence-electron chi connectivity index (χ4n) is 4.64. The van der Waals surface area contributed by atoms with E-state index in [1.165, 1.54) is 4.90 Å². The summed E-state index contributed by atoms with van der Waals surface area (Å²) in [6.45, 7) is 0. The molecule has 0 unspecified atom stereocenters. The Kier molecular flexibility index (Phi) is 3.53. The van der Waals surface area contributed by atoms with Crippen LogP contribution in [0, 0.1) is 0 Å². The third-order valence-electron chi connectivity index (χ3n) is 6.20. The monoisotopic (exact) mass is 408 g/mol. The first-order chi connectivity index (χ1) is 15.1. The lowest BCUT2D eigenvalue weighted by Crippen LogP contribution is -2.57. The molecule has 0 atom stereocenters. The summed E-state index contributed by atoms with van der Waals surface area (Å²) in [6.07, 6.45) is 0.258. The summed E-state index contributed by atoms with van der Waals surface area (Å²) in [5.74, 6) is -0.665. The number of aromatic nitrogens is 3. The quantitative estimate of drug-likeness (QED) is 0.486. The Labute approximate surface area is 176 Å². The van der Waals surface area contributed by atoms with E-state index < -0.39 is 5.54 Å². The van der Waals surface area contributed by atoms with E-state index >= 15 is 0 Å². The number of carbonyl (C=O) groups is 3. The highest BCUT2D eigenvalue weighted by molar-refractivity contribution is 6.22. The number of ketones is 1. The Balaban J connectivity index is 1.42. The van der Waals surface area contributed by atoms with Gasteiger partial charge in [-0.1, -0.05) is 41.6 Å². The van der Waals surface area contributed by atoms with Crippen molar-refractivity contribution >= 4 is 28.6 Å². The number of Topliss-reactive ketones (excluding diaryl/α,β-unsaturated/α-hetero) is 1. The molecule has 2 amide bonds. The van der Waals surface area contributed by atoms with Gasteiger partial charge in [0.25, 0.3) is 11.8 Å². The first-order valence-corrected chi connectivity index (χ1v) is 9.99. The molecule has 4 aromatic rings. The number of rotatable bonds is 3. The fourth-order valence-corrected chi connectivity index (χ4v) is 4.64. The molecule has 1 aliphatic carbocycles. The van der Waals surface area contributed by atoms with Gasteiger partial charge in [0.2, 0.25) is 0 Å². The van der Waals surface area contributed by atoms with Crippen molar-refractivity contribution in [2.24, 2.45) is 0 Å². The van der Waals surface area contributed by atoms with Gasteiger partial charge in [-0.15, -0.1) is 5.10 Å². The van der Waals surface area contributed by atoms with Crippen molar-refractivity contribution in [2.45, 2.75) is 18.4 Å². The van der Waals surface area contributed by atoms with Crippen molar-refractivity contribution in [1.29, 1.82) is 0 Å². The molecule has 6 rings (SSSR count). The summed E-state index contributed by atoms with van der Waals surface area (Å²) in [5.41, 5.74) is 3.06. The average molecular weight is 408 g/mol. The Bertz CT molecular complexity index is 1360. The van der Waals surface area contributed by atoms with E-state index in [-0.39, 0.29) is 30.4 Å². The van der Waals surface area contributed by atoms with Crippen LogP contribution in [0.3, 0.4) is 0 Å². The molecule has 0 radical (unpaired) electrons. The van der Waals surface area contributed by atoms with Gasteiger partial charge in [-0.2, -0.15) is 0 Å². The van der Waals surface area contributed by atoms with Gasteiger partial charge in [-0.3, -0.25) is 19.3 Å². The summed E-state index contributed by atoms with van der Waals surface area (Å²) >= 11 is 0. The van der Waals surface area contributed by atoms with Gasteiger partial charge in [0.05, 0.1) is 27.9 Å². The van der Waals surface area contributed by atoms with Gasteiger partial charge in [0.15, 0.2) is 0 Å². The van der Waals surface area contributed by atoms with Crippen molar-refractivity contribution in [1.82, 2.24) is 19.9 Å². The third kappa shape index (κ3) is 2.37. The minimum Gasteiger partial charge on any atom is -0.299 e. The number of amides is 2. The topological polar surface area (TPSA) is 85.2 Å². The zero-order chi connectivity index (χ0) is 21.2. The highest BCUT2D eigenvalue weighted by atomic mass is 16.2. The van der Waals surface area contributed by atoms with Gasteiger partial charge >= 0.3 is 0 Å². The van der Waals surface area contributed by atoms with Gasteiger partial charge in [-0.05, 0) is 42.0 Å². The Hall–Kier alpha value is -4.13. The Morgan fingerprint density at radius 3 is 2.00 bits per heavy atom. The van der Waals surface area contributed by atoms with Gasteiger partial charge in [0.1, 0.15) is 11.3 Å². The summed E-state index contributed by atoms with van der Waals surface area (Å²) in [7, 11) is 0. The van der Waals surface area contributed by atoms with Crippen molar-refractivity contribution < 1.29 is 14.4 Å². The smallest absolute Gasteiger partial charge is 0.262 e. The number of fused-ring (bicyclic) bond motifs is 2. The molecule has 0 bridgehead atoms. The number of carbonyl (C=O) groups excluding carboxylic acids is 3. The lowest BCUT2D eigenvalue weighted by Gasteiger charge is -2.46. The number of hydrogen-bond donors (Lipinski definition) is 0. The third-order valence-corrected chi connectivity index (χ3v) is 6.20. The molecule has 0 N–H and O–H groups in total. The molecule has 2 aliphatic rings. The first-order valence-electron chi connectivity index (χ1n) is 9.99. The van der Waals surface area contributed by atoms with Crippen LogP contribution in [0.5, 0.6) is 0 Å². The van der Waals surface area contributed by atoms with Crippen molar-refractivity contribution in [3.05, 3.63) is 89.5 Å². The normalized spacial score (nSPS) is 17.2. The predicted molar refractivity (Wildman–Crippen MR) is 112 cm³/mol. The molecule has 1 aliphatic heterocycles. The average Bonchev–Trinajstić information content (AvgIpc) is 3.32. The molecule has 7 nitrogen and oxygen atoms in total. The van der Waals surface area contributed by atoms with Crippen molar-refractivity contribution in [3.63, 3.8) is 0 Å². The fraction of sp³-hybridized carbons (Fsp3) is 0.125. The Morgan fingerprint density at radius 1 is 0.742 bits per heavy atom. The second kappa shape index (κ2) is 6.18. The number of imide groups is 1. The van der Waals surface area contributed by atoms with E-state index in [4.69, 9.17) is 0 Å². The number of nitrogens with zero attached hydrogens (tertiary/aromatic N) is 4. The largest absolute Gasteiger partial charge is 0.299 e. The van der Waals surface area contributed by atoms with Crippen LogP contribution in [0.25, 0.3) is 16.7 Å². The van der Waals surface area contributed by atoms with E-state index in [9.17, 15) is 14.4 Å². The van der Waals surface area contributed by atoms with Crippen molar-refractivity contribution in [2.75, 3.05) is 0 Å². The van der Waals surface area contributed by atoms with Crippen LogP contribution in [0.2, 0.25) is 0 Å². The summed E-state index contributed by atoms with van der Waals surface area (Å²) in [6, 6.07) is 21.9. The number of benzene rings is 3. The molecule has 2 heterocycles. The maximum absolute atomic E-state index is 13.1. The SMILES string of the molecule is O=C1CC(c2ccc(-n3nnc4ccccc43)cc2)(N2C(=O)c3ccccc3C2=O)C1. The van der Waals surface area contributed by atoms with Crippen molar-refractivity contribution in [3.8, 4) is 5.69 Å². The molecule has 7 heteroatoms. The number of para-hydroxylation sites is 1. The minimum absolute atomic E-state index is 0.0305. The van der Waals surface area contributed by atoms with Crippen LogP contribution < -0.4 is 0 Å². The molecule has 0 saturated heterocycles. The second-order valence-electron chi connectivity index (χ2n) is 7.95. The highest BCUT2D eigenvalue weighted by Gasteiger charge is 2.56.